The molecule has 0 saturated carbocycles. The van der Waals surface area contributed by atoms with Crippen LogP contribution in [0.5, 0.6) is 0 Å². The van der Waals surface area contributed by atoms with Crippen LogP contribution in [0.2, 0.25) is 0 Å². The van der Waals surface area contributed by atoms with Crippen molar-refractivity contribution in [2.75, 3.05) is 25.7 Å². The van der Waals surface area contributed by atoms with Crippen molar-refractivity contribution < 1.29 is 28.6 Å². The van der Waals surface area contributed by atoms with Crippen molar-refractivity contribution in [2.45, 2.75) is 19.3 Å². The van der Waals surface area contributed by atoms with E-state index in [2.05, 4.69) is 0 Å². The van der Waals surface area contributed by atoms with E-state index in [9.17, 15) is 14.4 Å². The highest BCUT2D eigenvalue weighted by atomic mass is 16.5. The number of likely N-dealkylation sites (N-methyl/N-ethyl adjacent to an activating group) is 1. The maximum Gasteiger partial charge on any atom is 0.340 e. The van der Waals surface area contributed by atoms with Crippen molar-refractivity contribution in [2.24, 2.45) is 5.73 Å². The molecule has 0 aromatic heterocycles. The lowest BCUT2D eigenvalue weighted by Gasteiger charge is -2.35. The zero-order valence-electron chi connectivity index (χ0n) is 15.5. The molecular formula is C19H20N2O6. The lowest BCUT2D eigenvalue weighted by atomic mass is 9.67. The number of hydrogen-bond acceptors (Lipinski definition) is 7. The molecule has 0 fully saturated rings. The molecule has 8 heteroatoms. The second-order valence-corrected chi connectivity index (χ2v) is 6.12. The molecule has 0 saturated heterocycles. The first-order valence-corrected chi connectivity index (χ1v) is 8.34. The van der Waals surface area contributed by atoms with Gasteiger partial charge in [0.15, 0.2) is 0 Å². The van der Waals surface area contributed by atoms with Crippen LogP contribution in [0, 0.1) is 0 Å². The van der Waals surface area contributed by atoms with Crippen molar-refractivity contribution >= 4 is 23.5 Å². The van der Waals surface area contributed by atoms with Gasteiger partial charge < -0.3 is 24.8 Å². The molecule has 0 aliphatic carbocycles. The molecule has 1 unspecified atom stereocenters. The van der Waals surface area contributed by atoms with Crippen LogP contribution in [-0.2, 0) is 34.0 Å². The Hall–Kier alpha value is -3.29. The molecule has 0 bridgehead atoms. The van der Waals surface area contributed by atoms with E-state index in [0.717, 1.165) is 0 Å². The van der Waals surface area contributed by atoms with Gasteiger partial charge in [-0.2, -0.15) is 0 Å². The highest BCUT2D eigenvalue weighted by molar-refractivity contribution is 6.22. The number of benzene rings is 1. The number of para-hydroxylation sites is 1. The minimum absolute atomic E-state index is 0.0826. The molecule has 0 radical (unpaired) electrons. The van der Waals surface area contributed by atoms with Gasteiger partial charge in [-0.25, -0.2) is 9.59 Å². The van der Waals surface area contributed by atoms with E-state index in [1.165, 1.54) is 18.9 Å². The molecule has 1 aromatic rings. The molecule has 1 atom stereocenters. The minimum atomic E-state index is -1.79. The minimum Gasteiger partial charge on any atom is -0.465 e. The number of hydrogen-bond donors (Lipinski definition) is 1. The zero-order valence-corrected chi connectivity index (χ0v) is 15.5. The number of rotatable bonds is 3. The van der Waals surface area contributed by atoms with Crippen LogP contribution in [0.4, 0.5) is 5.69 Å². The number of allylic oxidation sites excluding steroid dienone is 1. The second kappa shape index (κ2) is 6.46. The standard InChI is InChI=1S/C19H20N2O6/c1-5-26-17(23)13-10(2)27-15(20)14(16(22)25-4)19(13)11-8-6-7-9-12(11)21(3)18(19)24/h6-9H,5,20H2,1-4H3. The first-order chi connectivity index (χ1) is 12.8. The van der Waals surface area contributed by atoms with Crippen molar-refractivity contribution in [3.63, 3.8) is 0 Å². The summed E-state index contributed by atoms with van der Waals surface area (Å²) < 4.78 is 15.5. The SMILES string of the molecule is CCOC(=O)C1=C(C)OC(N)=C(C(=O)OC)C12C(=O)N(C)c1ccccc12. The van der Waals surface area contributed by atoms with Gasteiger partial charge in [-0.3, -0.25) is 4.79 Å². The third-order valence-electron chi connectivity index (χ3n) is 4.78. The second-order valence-electron chi connectivity index (χ2n) is 6.12. The van der Waals surface area contributed by atoms with Crippen LogP contribution in [0.3, 0.4) is 0 Å². The molecule has 1 spiro atoms. The van der Waals surface area contributed by atoms with Gasteiger partial charge in [-0.15, -0.1) is 0 Å². The smallest absolute Gasteiger partial charge is 0.340 e. The number of carbonyl (C=O) groups excluding carboxylic acids is 3. The van der Waals surface area contributed by atoms with Crippen LogP contribution in [0.15, 0.2) is 47.1 Å². The van der Waals surface area contributed by atoms with E-state index < -0.39 is 23.3 Å². The number of ether oxygens (including phenoxy) is 3. The van der Waals surface area contributed by atoms with E-state index >= 15 is 0 Å². The number of nitrogens with zero attached hydrogens (tertiary/aromatic N) is 1. The summed E-state index contributed by atoms with van der Waals surface area (Å²) in [5.41, 5.74) is 4.87. The zero-order chi connectivity index (χ0) is 19.9. The Morgan fingerprint density at radius 2 is 1.89 bits per heavy atom. The summed E-state index contributed by atoms with van der Waals surface area (Å²) in [6.45, 7) is 3.24. The van der Waals surface area contributed by atoms with Crippen molar-refractivity contribution in [3.05, 3.63) is 52.6 Å². The number of esters is 2. The summed E-state index contributed by atoms with van der Waals surface area (Å²) >= 11 is 0. The number of carbonyl (C=O) groups is 3. The number of fused-ring (bicyclic) bond motifs is 2. The number of anilines is 1. The first-order valence-electron chi connectivity index (χ1n) is 8.34. The quantitative estimate of drug-likeness (QED) is 0.792. The summed E-state index contributed by atoms with van der Waals surface area (Å²) in [6.07, 6.45) is 0. The summed E-state index contributed by atoms with van der Waals surface area (Å²) in [4.78, 5) is 40.4. The van der Waals surface area contributed by atoms with Crippen molar-refractivity contribution in [3.8, 4) is 0 Å². The third-order valence-corrected chi connectivity index (χ3v) is 4.78. The Balaban J connectivity index is 2.44. The van der Waals surface area contributed by atoms with Crippen LogP contribution in [0.25, 0.3) is 0 Å². The van der Waals surface area contributed by atoms with Gasteiger partial charge >= 0.3 is 11.9 Å². The Morgan fingerprint density at radius 1 is 1.22 bits per heavy atom. The Labute approximate surface area is 156 Å². The monoisotopic (exact) mass is 372 g/mol. The van der Waals surface area contributed by atoms with Gasteiger partial charge in [0.2, 0.25) is 11.8 Å². The summed E-state index contributed by atoms with van der Waals surface area (Å²) in [5, 5.41) is 0. The average molecular weight is 372 g/mol. The van der Waals surface area contributed by atoms with Gasteiger partial charge in [0, 0.05) is 18.3 Å². The lowest BCUT2D eigenvalue weighted by Crippen LogP contribution is -2.50. The Kier molecular flexibility index (Phi) is 4.43. The van der Waals surface area contributed by atoms with E-state index in [-0.39, 0.29) is 29.4 Å². The summed E-state index contributed by atoms with van der Waals surface area (Å²) in [7, 11) is 2.73. The fourth-order valence-corrected chi connectivity index (χ4v) is 3.74. The Bertz CT molecular complexity index is 917. The predicted octanol–water partition coefficient (Wildman–Crippen LogP) is 1.11. The Morgan fingerprint density at radius 3 is 2.52 bits per heavy atom. The van der Waals surface area contributed by atoms with E-state index in [1.807, 2.05) is 0 Å². The summed E-state index contributed by atoms with van der Waals surface area (Å²) in [6, 6.07) is 6.86. The first kappa shape index (κ1) is 18.5. The van der Waals surface area contributed by atoms with E-state index in [0.29, 0.717) is 11.3 Å². The van der Waals surface area contributed by atoms with Crippen LogP contribution < -0.4 is 10.6 Å². The number of amides is 1. The van der Waals surface area contributed by atoms with E-state index in [1.54, 1.807) is 38.2 Å². The normalized spacial score (nSPS) is 21.3. The molecular weight excluding hydrogens is 352 g/mol. The molecule has 1 amide bonds. The van der Waals surface area contributed by atoms with Gasteiger partial charge in [-0.1, -0.05) is 18.2 Å². The fraction of sp³-hybridized carbons (Fsp3) is 0.316. The molecule has 2 N–H and O–H groups in total. The van der Waals surface area contributed by atoms with Crippen LogP contribution in [-0.4, -0.2) is 38.6 Å². The summed E-state index contributed by atoms with van der Waals surface area (Å²) in [5.74, 6) is -2.33. The molecule has 2 aliphatic heterocycles. The maximum atomic E-state index is 13.5. The molecule has 1 aromatic carbocycles. The molecule has 2 aliphatic rings. The molecule has 142 valence electrons. The average Bonchev–Trinajstić information content (AvgIpc) is 2.84. The highest BCUT2D eigenvalue weighted by Gasteiger charge is 2.63. The highest BCUT2D eigenvalue weighted by Crippen LogP contribution is 2.54. The molecule has 8 nitrogen and oxygen atoms in total. The van der Waals surface area contributed by atoms with Crippen molar-refractivity contribution in [1.82, 2.24) is 0 Å². The van der Waals surface area contributed by atoms with Gasteiger partial charge in [0.05, 0.1) is 13.7 Å². The van der Waals surface area contributed by atoms with Crippen molar-refractivity contribution in [1.29, 1.82) is 0 Å². The number of nitrogens with two attached hydrogens (primary N) is 1. The lowest BCUT2D eigenvalue weighted by molar-refractivity contribution is -0.142. The van der Waals surface area contributed by atoms with Gasteiger partial charge in [-0.05, 0) is 19.9 Å². The van der Waals surface area contributed by atoms with Crippen LogP contribution in [0.1, 0.15) is 19.4 Å². The molecule has 3 rings (SSSR count). The fourth-order valence-electron chi connectivity index (χ4n) is 3.74. The topological polar surface area (TPSA) is 108 Å². The maximum absolute atomic E-state index is 13.5. The largest absolute Gasteiger partial charge is 0.465 e. The van der Waals surface area contributed by atoms with Crippen LogP contribution >= 0.6 is 0 Å². The molecule has 2 heterocycles. The number of methoxy groups -OCH3 is 1. The molecule has 27 heavy (non-hydrogen) atoms. The van der Waals surface area contributed by atoms with E-state index in [4.69, 9.17) is 19.9 Å². The predicted molar refractivity (Wildman–Crippen MR) is 95.2 cm³/mol. The van der Waals surface area contributed by atoms with Gasteiger partial charge in [0.1, 0.15) is 22.3 Å². The third kappa shape index (κ3) is 2.33. The van der Waals surface area contributed by atoms with Gasteiger partial charge in [0.25, 0.3) is 0 Å².